The zero-order chi connectivity index (χ0) is 17.1. The highest BCUT2D eigenvalue weighted by atomic mass is 16.2. The lowest BCUT2D eigenvalue weighted by molar-refractivity contribution is -0.131. The summed E-state index contributed by atoms with van der Waals surface area (Å²) in [6.45, 7) is 1.78. The minimum atomic E-state index is 0.261. The predicted octanol–water partition coefficient (Wildman–Crippen LogP) is 4.19. The van der Waals surface area contributed by atoms with E-state index < -0.39 is 0 Å². The van der Waals surface area contributed by atoms with Crippen molar-refractivity contribution in [2.75, 3.05) is 13.1 Å². The summed E-state index contributed by atoms with van der Waals surface area (Å²) in [4.78, 5) is 17.9. The van der Waals surface area contributed by atoms with Crippen LogP contribution in [-0.4, -0.2) is 28.9 Å². The molecule has 2 heterocycles. The standard InChI is InChI=1S/C22H24N2O/c25-22(15-17-6-2-1-3-7-17)24-12-10-18(11-13-24)14-19-16-23-21-9-5-4-8-20(19)21/h1-9,16,18,23H,10-15H2. The molecule has 3 nitrogen and oxygen atoms in total. The van der Waals surface area contributed by atoms with Gasteiger partial charge in [0.2, 0.25) is 5.91 Å². The van der Waals surface area contributed by atoms with Crippen LogP contribution in [0.4, 0.5) is 0 Å². The van der Waals surface area contributed by atoms with E-state index in [1.807, 2.05) is 35.2 Å². The number of aromatic nitrogens is 1. The molecule has 3 aromatic rings. The first-order chi connectivity index (χ1) is 12.3. The lowest BCUT2D eigenvalue weighted by Gasteiger charge is -2.32. The molecule has 0 radical (unpaired) electrons. The number of carbonyl (C=O) groups is 1. The number of nitrogens with zero attached hydrogens (tertiary/aromatic N) is 1. The third kappa shape index (κ3) is 3.60. The van der Waals surface area contributed by atoms with Crippen molar-refractivity contribution in [1.82, 2.24) is 9.88 Å². The zero-order valence-electron chi connectivity index (χ0n) is 14.4. The first-order valence-electron chi connectivity index (χ1n) is 9.16. The first kappa shape index (κ1) is 15.9. The Bertz CT molecular complexity index is 845. The topological polar surface area (TPSA) is 36.1 Å². The Morgan fingerprint density at radius 2 is 1.72 bits per heavy atom. The average molecular weight is 332 g/mol. The van der Waals surface area contributed by atoms with E-state index in [9.17, 15) is 4.79 Å². The number of H-pyrrole nitrogens is 1. The monoisotopic (exact) mass is 332 g/mol. The van der Waals surface area contributed by atoms with Gasteiger partial charge in [-0.2, -0.15) is 0 Å². The number of aromatic amines is 1. The number of nitrogens with one attached hydrogen (secondary N) is 1. The lowest BCUT2D eigenvalue weighted by Crippen LogP contribution is -2.39. The van der Waals surface area contributed by atoms with Crippen molar-refractivity contribution in [2.24, 2.45) is 5.92 Å². The quantitative estimate of drug-likeness (QED) is 0.764. The molecule has 1 aliphatic rings. The van der Waals surface area contributed by atoms with E-state index in [-0.39, 0.29) is 5.91 Å². The van der Waals surface area contributed by atoms with Gasteiger partial charge in [0.15, 0.2) is 0 Å². The van der Waals surface area contributed by atoms with Gasteiger partial charge in [0.1, 0.15) is 0 Å². The van der Waals surface area contributed by atoms with Gasteiger partial charge in [0.25, 0.3) is 0 Å². The second kappa shape index (κ2) is 7.14. The Labute approximate surface area is 148 Å². The minimum Gasteiger partial charge on any atom is -0.361 e. The second-order valence-electron chi connectivity index (χ2n) is 7.05. The number of rotatable bonds is 4. The maximum absolute atomic E-state index is 12.5. The molecule has 1 aliphatic heterocycles. The molecule has 0 unspecified atom stereocenters. The Hall–Kier alpha value is -2.55. The molecule has 2 aromatic carbocycles. The van der Waals surface area contributed by atoms with E-state index in [0.29, 0.717) is 12.3 Å². The molecule has 1 saturated heterocycles. The maximum atomic E-state index is 12.5. The van der Waals surface area contributed by atoms with Gasteiger partial charge >= 0.3 is 0 Å². The van der Waals surface area contributed by atoms with Crippen LogP contribution in [0.25, 0.3) is 10.9 Å². The van der Waals surface area contributed by atoms with Gasteiger partial charge in [-0.1, -0.05) is 48.5 Å². The fourth-order valence-electron chi connectivity index (χ4n) is 3.88. The fraction of sp³-hybridized carbons (Fsp3) is 0.318. The minimum absolute atomic E-state index is 0.261. The third-order valence-electron chi connectivity index (χ3n) is 5.35. The number of fused-ring (bicyclic) bond motifs is 1. The molecule has 1 N–H and O–H groups in total. The molecule has 0 aliphatic carbocycles. The number of carbonyl (C=O) groups excluding carboxylic acids is 1. The third-order valence-corrected chi connectivity index (χ3v) is 5.35. The van der Waals surface area contributed by atoms with Gasteiger partial charge in [0.05, 0.1) is 6.42 Å². The van der Waals surface area contributed by atoms with Crippen molar-refractivity contribution in [3.05, 3.63) is 71.9 Å². The van der Waals surface area contributed by atoms with Crippen LogP contribution in [0.5, 0.6) is 0 Å². The lowest BCUT2D eigenvalue weighted by atomic mass is 9.90. The molecule has 0 bridgehead atoms. The van der Waals surface area contributed by atoms with Crippen LogP contribution in [0, 0.1) is 5.92 Å². The van der Waals surface area contributed by atoms with Gasteiger partial charge in [-0.15, -0.1) is 0 Å². The van der Waals surface area contributed by atoms with Crippen molar-refractivity contribution >= 4 is 16.8 Å². The van der Waals surface area contributed by atoms with E-state index in [1.165, 1.54) is 16.5 Å². The molecule has 128 valence electrons. The van der Waals surface area contributed by atoms with Crippen molar-refractivity contribution in [3.63, 3.8) is 0 Å². The summed E-state index contributed by atoms with van der Waals surface area (Å²) in [6.07, 6.45) is 5.97. The molecule has 1 amide bonds. The molecule has 1 fully saturated rings. The summed E-state index contributed by atoms with van der Waals surface area (Å²) in [5.74, 6) is 0.928. The van der Waals surface area contributed by atoms with Crippen molar-refractivity contribution in [3.8, 4) is 0 Å². The van der Waals surface area contributed by atoms with Crippen LogP contribution in [0.15, 0.2) is 60.8 Å². The molecule has 0 atom stereocenters. The SMILES string of the molecule is O=C(Cc1ccccc1)N1CCC(Cc2c[nH]c3ccccc23)CC1. The van der Waals surface area contributed by atoms with Crippen LogP contribution in [0.1, 0.15) is 24.0 Å². The molecule has 25 heavy (non-hydrogen) atoms. The summed E-state index contributed by atoms with van der Waals surface area (Å²) in [7, 11) is 0. The summed E-state index contributed by atoms with van der Waals surface area (Å²) in [5.41, 5.74) is 3.73. The van der Waals surface area contributed by atoms with Gasteiger partial charge < -0.3 is 9.88 Å². The van der Waals surface area contributed by atoms with Gasteiger partial charge in [-0.05, 0) is 42.4 Å². The number of hydrogen-bond donors (Lipinski definition) is 1. The van der Waals surface area contributed by atoms with Crippen molar-refractivity contribution in [1.29, 1.82) is 0 Å². The highest BCUT2D eigenvalue weighted by Crippen LogP contribution is 2.26. The van der Waals surface area contributed by atoms with E-state index in [4.69, 9.17) is 0 Å². The molecule has 4 rings (SSSR count). The number of para-hydroxylation sites is 1. The summed E-state index contributed by atoms with van der Waals surface area (Å²) in [6, 6.07) is 18.5. The van der Waals surface area contributed by atoms with E-state index in [1.54, 1.807) is 0 Å². The highest BCUT2D eigenvalue weighted by molar-refractivity contribution is 5.83. The van der Waals surface area contributed by atoms with Gasteiger partial charge in [-0.25, -0.2) is 0 Å². The smallest absolute Gasteiger partial charge is 0.226 e. The summed E-state index contributed by atoms with van der Waals surface area (Å²) >= 11 is 0. The molecular formula is C22H24N2O. The molecule has 1 aromatic heterocycles. The van der Waals surface area contributed by atoms with Crippen LogP contribution in [0.3, 0.4) is 0 Å². The van der Waals surface area contributed by atoms with Crippen LogP contribution < -0.4 is 0 Å². The Morgan fingerprint density at radius 3 is 2.52 bits per heavy atom. The largest absolute Gasteiger partial charge is 0.361 e. The summed E-state index contributed by atoms with van der Waals surface area (Å²) < 4.78 is 0. The van der Waals surface area contributed by atoms with Crippen LogP contribution >= 0.6 is 0 Å². The molecule has 0 spiro atoms. The molecular weight excluding hydrogens is 308 g/mol. The number of amides is 1. The van der Waals surface area contributed by atoms with E-state index in [2.05, 4.69) is 35.4 Å². The zero-order valence-corrected chi connectivity index (χ0v) is 14.4. The van der Waals surface area contributed by atoms with Crippen LogP contribution in [0.2, 0.25) is 0 Å². The predicted molar refractivity (Wildman–Crippen MR) is 101 cm³/mol. The van der Waals surface area contributed by atoms with Gasteiger partial charge in [0, 0.05) is 30.2 Å². The number of hydrogen-bond acceptors (Lipinski definition) is 1. The average Bonchev–Trinajstić information content (AvgIpc) is 3.06. The molecule has 3 heteroatoms. The second-order valence-corrected chi connectivity index (χ2v) is 7.05. The van der Waals surface area contributed by atoms with Crippen molar-refractivity contribution < 1.29 is 4.79 Å². The number of piperidine rings is 1. The number of likely N-dealkylation sites (tertiary alicyclic amines) is 1. The van der Waals surface area contributed by atoms with Crippen LogP contribution in [-0.2, 0) is 17.6 Å². The normalized spacial score (nSPS) is 15.6. The van der Waals surface area contributed by atoms with Gasteiger partial charge in [-0.3, -0.25) is 4.79 Å². The van der Waals surface area contributed by atoms with Crippen molar-refractivity contribution in [2.45, 2.75) is 25.7 Å². The summed E-state index contributed by atoms with van der Waals surface area (Å²) in [5, 5.41) is 1.34. The highest BCUT2D eigenvalue weighted by Gasteiger charge is 2.23. The number of benzene rings is 2. The Morgan fingerprint density at radius 1 is 1.00 bits per heavy atom. The Kier molecular flexibility index (Phi) is 4.55. The fourth-order valence-corrected chi connectivity index (χ4v) is 3.88. The maximum Gasteiger partial charge on any atom is 0.226 e. The van der Waals surface area contributed by atoms with E-state index in [0.717, 1.165) is 37.9 Å². The molecule has 0 saturated carbocycles. The Balaban J connectivity index is 1.33. The van der Waals surface area contributed by atoms with E-state index >= 15 is 0 Å². The first-order valence-corrected chi connectivity index (χ1v) is 9.16.